The smallest absolute Gasteiger partial charge is 0.333 e. The van der Waals surface area contributed by atoms with Gasteiger partial charge in [-0.2, -0.15) is 0 Å². The van der Waals surface area contributed by atoms with E-state index in [9.17, 15) is 9.59 Å². The molecular formula is C13H23NO3. The molecule has 0 saturated carbocycles. The Morgan fingerprint density at radius 3 is 2.06 bits per heavy atom. The molecule has 4 nitrogen and oxygen atoms in total. The topological polar surface area (TPSA) is 55.4 Å². The van der Waals surface area contributed by atoms with E-state index in [2.05, 4.69) is 30.8 Å². The van der Waals surface area contributed by atoms with E-state index in [1.807, 2.05) is 0 Å². The summed E-state index contributed by atoms with van der Waals surface area (Å²) in [7, 11) is 1.30. The molecule has 0 unspecified atom stereocenters. The first-order chi connectivity index (χ1) is 7.69. The van der Waals surface area contributed by atoms with E-state index in [0.29, 0.717) is 17.7 Å². The highest BCUT2D eigenvalue weighted by Crippen LogP contribution is 2.17. The van der Waals surface area contributed by atoms with Gasteiger partial charge in [-0.05, 0) is 25.7 Å². The molecule has 0 saturated heterocycles. The SMILES string of the molecule is COC(=O)C(C)=C(C)C(=O)NCCC(C)(C)C. The Morgan fingerprint density at radius 1 is 1.12 bits per heavy atom. The van der Waals surface area contributed by atoms with Gasteiger partial charge in [0.25, 0.3) is 0 Å². The van der Waals surface area contributed by atoms with Crippen LogP contribution in [0.3, 0.4) is 0 Å². The molecule has 1 N–H and O–H groups in total. The van der Waals surface area contributed by atoms with Gasteiger partial charge >= 0.3 is 5.97 Å². The summed E-state index contributed by atoms with van der Waals surface area (Å²) in [5.41, 5.74) is 0.939. The summed E-state index contributed by atoms with van der Waals surface area (Å²) in [6.07, 6.45) is 0.892. The van der Waals surface area contributed by atoms with Gasteiger partial charge in [0.2, 0.25) is 5.91 Å². The minimum Gasteiger partial charge on any atom is -0.466 e. The second-order valence-corrected chi connectivity index (χ2v) is 5.31. The second-order valence-electron chi connectivity index (χ2n) is 5.31. The number of methoxy groups -OCH3 is 1. The Bertz CT molecular complexity index is 324. The van der Waals surface area contributed by atoms with Gasteiger partial charge in [-0.25, -0.2) is 4.79 Å². The van der Waals surface area contributed by atoms with Crippen molar-refractivity contribution in [1.29, 1.82) is 0 Å². The van der Waals surface area contributed by atoms with E-state index >= 15 is 0 Å². The lowest BCUT2D eigenvalue weighted by molar-refractivity contribution is -0.136. The fraction of sp³-hybridized carbons (Fsp3) is 0.692. The number of hydrogen-bond acceptors (Lipinski definition) is 3. The third-order valence-corrected chi connectivity index (χ3v) is 2.56. The Morgan fingerprint density at radius 2 is 1.65 bits per heavy atom. The van der Waals surface area contributed by atoms with Gasteiger partial charge in [-0.15, -0.1) is 0 Å². The van der Waals surface area contributed by atoms with Crippen LogP contribution in [-0.4, -0.2) is 25.5 Å². The zero-order chi connectivity index (χ0) is 13.6. The Hall–Kier alpha value is -1.32. The molecule has 0 spiro atoms. The third-order valence-electron chi connectivity index (χ3n) is 2.56. The summed E-state index contributed by atoms with van der Waals surface area (Å²) in [5, 5.41) is 2.79. The lowest BCUT2D eigenvalue weighted by Crippen LogP contribution is -2.29. The normalized spacial score (nSPS) is 12.8. The summed E-state index contributed by atoms with van der Waals surface area (Å²) in [6.45, 7) is 10.2. The molecule has 0 aliphatic heterocycles. The molecule has 98 valence electrons. The van der Waals surface area contributed by atoms with Crippen LogP contribution in [0.2, 0.25) is 0 Å². The number of esters is 1. The number of rotatable bonds is 4. The maximum Gasteiger partial charge on any atom is 0.333 e. The lowest BCUT2D eigenvalue weighted by atomic mass is 9.92. The average Bonchev–Trinajstić information content (AvgIpc) is 2.24. The van der Waals surface area contributed by atoms with Gasteiger partial charge in [-0.1, -0.05) is 20.8 Å². The van der Waals surface area contributed by atoms with Crippen LogP contribution in [0, 0.1) is 5.41 Å². The number of ether oxygens (including phenoxy) is 1. The monoisotopic (exact) mass is 241 g/mol. The average molecular weight is 241 g/mol. The Labute approximate surface area is 103 Å². The summed E-state index contributed by atoms with van der Waals surface area (Å²) in [4.78, 5) is 22.9. The van der Waals surface area contributed by atoms with Gasteiger partial charge in [0.1, 0.15) is 0 Å². The highest BCUT2D eigenvalue weighted by molar-refractivity contribution is 6.01. The Balaban J connectivity index is 4.38. The molecular weight excluding hydrogens is 218 g/mol. The highest BCUT2D eigenvalue weighted by Gasteiger charge is 2.15. The number of nitrogens with one attached hydrogen (secondary N) is 1. The van der Waals surface area contributed by atoms with Crippen molar-refractivity contribution < 1.29 is 14.3 Å². The standard InChI is InChI=1S/C13H23NO3/c1-9(10(2)12(16)17-6)11(15)14-8-7-13(3,4)5/h7-8H2,1-6H3,(H,14,15). The van der Waals surface area contributed by atoms with Crippen LogP contribution in [0.25, 0.3) is 0 Å². The minimum atomic E-state index is -0.464. The zero-order valence-electron chi connectivity index (χ0n) is 11.6. The van der Waals surface area contributed by atoms with Gasteiger partial charge < -0.3 is 10.1 Å². The van der Waals surface area contributed by atoms with Crippen LogP contribution in [0.4, 0.5) is 0 Å². The van der Waals surface area contributed by atoms with Gasteiger partial charge in [-0.3, -0.25) is 4.79 Å². The first-order valence-corrected chi connectivity index (χ1v) is 5.73. The second kappa shape index (κ2) is 6.42. The molecule has 0 aromatic carbocycles. The van der Waals surface area contributed by atoms with E-state index in [-0.39, 0.29) is 11.3 Å². The van der Waals surface area contributed by atoms with Crippen molar-refractivity contribution >= 4 is 11.9 Å². The molecule has 0 aromatic heterocycles. The van der Waals surface area contributed by atoms with Crippen LogP contribution < -0.4 is 5.32 Å². The molecule has 0 radical (unpaired) electrons. The summed E-state index contributed by atoms with van der Waals surface area (Å²) in [5.74, 6) is -0.675. The van der Waals surface area contributed by atoms with Crippen molar-refractivity contribution in [3.8, 4) is 0 Å². The summed E-state index contributed by atoms with van der Waals surface area (Å²) in [6, 6.07) is 0. The van der Waals surface area contributed by atoms with E-state index in [1.165, 1.54) is 7.11 Å². The fourth-order valence-electron chi connectivity index (χ4n) is 1.16. The Kier molecular flexibility index (Phi) is 5.93. The molecule has 0 atom stereocenters. The van der Waals surface area contributed by atoms with Crippen molar-refractivity contribution in [2.24, 2.45) is 5.41 Å². The minimum absolute atomic E-state index is 0.183. The summed E-state index contributed by atoms with van der Waals surface area (Å²) >= 11 is 0. The molecule has 0 bridgehead atoms. The summed E-state index contributed by atoms with van der Waals surface area (Å²) < 4.78 is 4.57. The zero-order valence-corrected chi connectivity index (χ0v) is 11.6. The largest absolute Gasteiger partial charge is 0.466 e. The van der Waals surface area contributed by atoms with Crippen LogP contribution in [0.1, 0.15) is 41.0 Å². The molecule has 0 aliphatic rings. The molecule has 4 heteroatoms. The maximum atomic E-state index is 11.7. The van der Waals surface area contributed by atoms with Crippen LogP contribution >= 0.6 is 0 Å². The predicted molar refractivity (Wildman–Crippen MR) is 67.5 cm³/mol. The maximum absolute atomic E-state index is 11.7. The molecule has 0 rings (SSSR count). The van der Waals surface area contributed by atoms with E-state index in [4.69, 9.17) is 0 Å². The molecule has 0 fully saturated rings. The van der Waals surface area contributed by atoms with Crippen LogP contribution in [0.15, 0.2) is 11.1 Å². The van der Waals surface area contributed by atoms with Gasteiger partial charge in [0, 0.05) is 17.7 Å². The third kappa shape index (κ3) is 6.09. The fourth-order valence-corrected chi connectivity index (χ4v) is 1.16. The highest BCUT2D eigenvalue weighted by atomic mass is 16.5. The van der Waals surface area contributed by atoms with Crippen molar-refractivity contribution in [2.75, 3.05) is 13.7 Å². The molecule has 1 amide bonds. The quantitative estimate of drug-likeness (QED) is 0.605. The number of hydrogen-bond donors (Lipinski definition) is 1. The predicted octanol–water partition coefficient (Wildman–Crippen LogP) is 2.05. The van der Waals surface area contributed by atoms with Crippen molar-refractivity contribution in [2.45, 2.75) is 41.0 Å². The van der Waals surface area contributed by atoms with E-state index in [0.717, 1.165) is 6.42 Å². The van der Waals surface area contributed by atoms with Gasteiger partial charge in [0.05, 0.1) is 7.11 Å². The van der Waals surface area contributed by atoms with Crippen LogP contribution in [0.5, 0.6) is 0 Å². The first-order valence-electron chi connectivity index (χ1n) is 5.73. The van der Waals surface area contributed by atoms with E-state index < -0.39 is 5.97 Å². The van der Waals surface area contributed by atoms with Crippen LogP contribution in [-0.2, 0) is 14.3 Å². The van der Waals surface area contributed by atoms with E-state index in [1.54, 1.807) is 13.8 Å². The molecule has 0 heterocycles. The number of carbonyl (C=O) groups excluding carboxylic acids is 2. The molecule has 0 aliphatic carbocycles. The number of amides is 1. The molecule has 0 aromatic rings. The van der Waals surface area contributed by atoms with Crippen molar-refractivity contribution in [3.05, 3.63) is 11.1 Å². The lowest BCUT2D eigenvalue weighted by Gasteiger charge is -2.18. The van der Waals surface area contributed by atoms with Crippen molar-refractivity contribution in [3.63, 3.8) is 0 Å². The first kappa shape index (κ1) is 15.7. The van der Waals surface area contributed by atoms with Gasteiger partial charge in [0.15, 0.2) is 0 Å². The van der Waals surface area contributed by atoms with Crippen molar-refractivity contribution in [1.82, 2.24) is 5.32 Å². The molecule has 17 heavy (non-hydrogen) atoms. The number of carbonyl (C=O) groups is 2.